The highest BCUT2D eigenvalue weighted by molar-refractivity contribution is 6.30. The molecule has 2 aromatic carbocycles. The summed E-state index contributed by atoms with van der Waals surface area (Å²) in [4.78, 5) is 26.6. The summed E-state index contributed by atoms with van der Waals surface area (Å²) < 4.78 is 0. The minimum Gasteiger partial charge on any atom is -0.343 e. The molecule has 0 radical (unpaired) electrons. The minimum absolute atomic E-state index is 0.0230. The molecule has 0 aromatic heterocycles. The molecule has 2 N–H and O–H groups in total. The lowest BCUT2D eigenvalue weighted by Crippen LogP contribution is -2.51. The second kappa shape index (κ2) is 8.14. The van der Waals surface area contributed by atoms with Crippen LogP contribution in [-0.4, -0.2) is 42.9 Å². The first-order valence-electron chi connectivity index (χ1n) is 8.24. The molecule has 5 nitrogen and oxygen atoms in total. The lowest BCUT2D eigenvalue weighted by molar-refractivity contribution is -0.133. The first-order chi connectivity index (χ1) is 12.1. The third-order valence-electron chi connectivity index (χ3n) is 4.23. The van der Waals surface area contributed by atoms with Crippen LogP contribution in [0.5, 0.6) is 0 Å². The summed E-state index contributed by atoms with van der Waals surface area (Å²) in [7, 11) is 0. The van der Waals surface area contributed by atoms with E-state index in [2.05, 4.69) is 10.6 Å². The van der Waals surface area contributed by atoms with E-state index in [9.17, 15) is 9.59 Å². The van der Waals surface area contributed by atoms with Crippen LogP contribution >= 0.6 is 11.6 Å². The van der Waals surface area contributed by atoms with Crippen LogP contribution in [-0.2, 0) is 4.79 Å². The molecule has 1 aliphatic rings. The highest BCUT2D eigenvalue weighted by atomic mass is 35.5. The van der Waals surface area contributed by atoms with Crippen molar-refractivity contribution in [3.05, 3.63) is 70.7 Å². The number of benzene rings is 2. The van der Waals surface area contributed by atoms with Crippen LogP contribution in [0.4, 0.5) is 0 Å². The first-order valence-corrected chi connectivity index (χ1v) is 8.62. The number of carbonyl (C=O) groups excluding carboxylic acids is 2. The average molecular weight is 358 g/mol. The van der Waals surface area contributed by atoms with Gasteiger partial charge in [0, 0.05) is 30.2 Å². The normalized spacial score (nSPS) is 17.2. The lowest BCUT2D eigenvalue weighted by Gasteiger charge is -2.36. The molecule has 0 aliphatic carbocycles. The van der Waals surface area contributed by atoms with Gasteiger partial charge in [0.1, 0.15) is 0 Å². The zero-order chi connectivity index (χ0) is 17.6. The van der Waals surface area contributed by atoms with Gasteiger partial charge in [-0.1, -0.05) is 41.9 Å². The predicted octanol–water partition coefficient (Wildman–Crippen LogP) is 2.24. The zero-order valence-corrected chi connectivity index (χ0v) is 14.5. The zero-order valence-electron chi connectivity index (χ0n) is 13.7. The number of nitrogens with zero attached hydrogens (tertiary/aromatic N) is 1. The van der Waals surface area contributed by atoms with Crippen LogP contribution in [0.15, 0.2) is 54.6 Å². The molecule has 1 saturated heterocycles. The van der Waals surface area contributed by atoms with Crippen LogP contribution in [0, 0.1) is 0 Å². The molecule has 130 valence electrons. The molecule has 2 aromatic rings. The summed E-state index contributed by atoms with van der Waals surface area (Å²) in [6.45, 7) is 1.97. The molecule has 6 heteroatoms. The topological polar surface area (TPSA) is 61.4 Å². The van der Waals surface area contributed by atoms with Gasteiger partial charge in [-0.3, -0.25) is 9.59 Å². The fourth-order valence-corrected chi connectivity index (χ4v) is 3.16. The number of rotatable bonds is 4. The SMILES string of the molecule is O=C(NCC(=O)N1CCNCC1c1cccc(Cl)c1)c1ccccc1. The molecule has 1 atom stereocenters. The van der Waals surface area contributed by atoms with Crippen LogP contribution in [0.2, 0.25) is 5.02 Å². The number of hydrogen-bond donors (Lipinski definition) is 2. The average Bonchev–Trinajstić information content (AvgIpc) is 2.66. The molecule has 1 aliphatic heterocycles. The summed E-state index contributed by atoms with van der Waals surface area (Å²) in [5, 5.41) is 6.65. The van der Waals surface area contributed by atoms with Gasteiger partial charge in [-0.05, 0) is 29.8 Å². The fraction of sp³-hybridized carbons (Fsp3) is 0.263. The molecule has 1 unspecified atom stereocenters. The Kier molecular flexibility index (Phi) is 5.68. The van der Waals surface area contributed by atoms with Crippen LogP contribution in [0.1, 0.15) is 22.0 Å². The minimum atomic E-state index is -0.247. The standard InChI is InChI=1S/C19H20ClN3O2/c20-16-8-4-7-15(11-16)17-12-21-9-10-23(17)18(24)13-22-19(25)14-5-2-1-3-6-14/h1-8,11,17,21H,9-10,12-13H2,(H,22,25). The van der Waals surface area contributed by atoms with Gasteiger partial charge in [0.05, 0.1) is 12.6 Å². The van der Waals surface area contributed by atoms with Crippen LogP contribution < -0.4 is 10.6 Å². The summed E-state index contributed by atoms with van der Waals surface area (Å²) in [5.74, 6) is -0.348. The molecular weight excluding hydrogens is 338 g/mol. The van der Waals surface area contributed by atoms with E-state index in [1.807, 2.05) is 30.3 Å². The van der Waals surface area contributed by atoms with Crippen LogP contribution in [0.3, 0.4) is 0 Å². The molecular formula is C19H20ClN3O2. The van der Waals surface area contributed by atoms with Crippen LogP contribution in [0.25, 0.3) is 0 Å². The largest absolute Gasteiger partial charge is 0.343 e. The first kappa shape index (κ1) is 17.5. The maximum Gasteiger partial charge on any atom is 0.251 e. The number of hydrogen-bond acceptors (Lipinski definition) is 3. The number of carbonyl (C=O) groups is 2. The second-order valence-corrected chi connectivity index (χ2v) is 6.35. The lowest BCUT2D eigenvalue weighted by atomic mass is 10.0. The summed E-state index contributed by atoms with van der Waals surface area (Å²) in [5.41, 5.74) is 1.53. The second-order valence-electron chi connectivity index (χ2n) is 5.91. The Morgan fingerprint density at radius 3 is 2.72 bits per heavy atom. The Labute approximate surface area is 152 Å². The van der Waals surface area contributed by atoms with E-state index in [-0.39, 0.29) is 24.4 Å². The van der Waals surface area contributed by atoms with Gasteiger partial charge in [-0.2, -0.15) is 0 Å². The van der Waals surface area contributed by atoms with Gasteiger partial charge in [0.15, 0.2) is 0 Å². The summed E-state index contributed by atoms with van der Waals surface area (Å²) >= 11 is 6.08. The molecule has 0 saturated carbocycles. The van der Waals surface area contributed by atoms with Crippen molar-refractivity contribution in [3.63, 3.8) is 0 Å². The number of piperazine rings is 1. The molecule has 25 heavy (non-hydrogen) atoms. The number of halogens is 1. The van der Waals surface area contributed by atoms with Gasteiger partial charge in [-0.25, -0.2) is 0 Å². The Morgan fingerprint density at radius 2 is 1.96 bits per heavy atom. The highest BCUT2D eigenvalue weighted by Gasteiger charge is 2.28. The Hall–Kier alpha value is -2.37. The van der Waals surface area contributed by atoms with E-state index in [1.165, 1.54) is 0 Å². The van der Waals surface area contributed by atoms with Crippen molar-refractivity contribution in [3.8, 4) is 0 Å². The van der Waals surface area contributed by atoms with Gasteiger partial charge in [0.25, 0.3) is 5.91 Å². The molecule has 0 spiro atoms. The van der Waals surface area contributed by atoms with Gasteiger partial charge in [0.2, 0.25) is 5.91 Å². The van der Waals surface area contributed by atoms with Crippen molar-refractivity contribution in [2.45, 2.75) is 6.04 Å². The number of amides is 2. The van der Waals surface area contributed by atoms with Gasteiger partial charge < -0.3 is 15.5 Å². The molecule has 1 heterocycles. The smallest absolute Gasteiger partial charge is 0.251 e. The maximum absolute atomic E-state index is 12.7. The summed E-state index contributed by atoms with van der Waals surface area (Å²) in [6.07, 6.45) is 0. The predicted molar refractivity (Wildman–Crippen MR) is 97.6 cm³/mol. The van der Waals surface area contributed by atoms with Crippen molar-refractivity contribution < 1.29 is 9.59 Å². The van der Waals surface area contributed by atoms with E-state index < -0.39 is 0 Å². The van der Waals surface area contributed by atoms with E-state index in [1.54, 1.807) is 29.2 Å². The van der Waals surface area contributed by atoms with Gasteiger partial charge in [-0.15, -0.1) is 0 Å². The Morgan fingerprint density at radius 1 is 1.16 bits per heavy atom. The third-order valence-corrected chi connectivity index (χ3v) is 4.47. The monoisotopic (exact) mass is 357 g/mol. The molecule has 3 rings (SSSR count). The van der Waals surface area contributed by atoms with E-state index in [4.69, 9.17) is 11.6 Å². The third kappa shape index (κ3) is 4.38. The van der Waals surface area contributed by atoms with E-state index in [0.717, 1.165) is 12.1 Å². The van der Waals surface area contributed by atoms with Crippen molar-refractivity contribution in [2.75, 3.05) is 26.2 Å². The van der Waals surface area contributed by atoms with E-state index >= 15 is 0 Å². The van der Waals surface area contributed by atoms with Crippen molar-refractivity contribution in [1.29, 1.82) is 0 Å². The van der Waals surface area contributed by atoms with Crippen molar-refractivity contribution >= 4 is 23.4 Å². The Bertz CT molecular complexity index is 751. The van der Waals surface area contributed by atoms with Crippen molar-refractivity contribution in [2.24, 2.45) is 0 Å². The fourth-order valence-electron chi connectivity index (χ4n) is 2.96. The number of nitrogens with one attached hydrogen (secondary N) is 2. The quantitative estimate of drug-likeness (QED) is 0.882. The molecule has 2 amide bonds. The Balaban J connectivity index is 1.66. The molecule has 0 bridgehead atoms. The summed E-state index contributed by atoms with van der Waals surface area (Å²) in [6, 6.07) is 16.3. The van der Waals surface area contributed by atoms with E-state index in [0.29, 0.717) is 23.7 Å². The van der Waals surface area contributed by atoms with Gasteiger partial charge >= 0.3 is 0 Å². The maximum atomic E-state index is 12.7. The van der Waals surface area contributed by atoms with Crippen molar-refractivity contribution in [1.82, 2.24) is 15.5 Å². The highest BCUT2D eigenvalue weighted by Crippen LogP contribution is 2.24. The molecule has 1 fully saturated rings.